The topological polar surface area (TPSA) is 69.9 Å². The molecule has 3 aromatic carbocycles. The molecule has 0 saturated carbocycles. The Labute approximate surface area is 165 Å². The molecule has 0 saturated heterocycles. The van der Waals surface area contributed by atoms with Crippen LogP contribution in [0.3, 0.4) is 0 Å². The van der Waals surface area contributed by atoms with Gasteiger partial charge in [-0.3, -0.25) is 0 Å². The van der Waals surface area contributed by atoms with E-state index in [-0.39, 0.29) is 13.0 Å². The molecule has 3 rings (SSSR count). The van der Waals surface area contributed by atoms with Crippen LogP contribution in [-0.2, 0) is 10.3 Å². The molecular formula is C24H26O4. The van der Waals surface area contributed by atoms with Gasteiger partial charge in [-0.15, -0.1) is 0 Å². The third-order valence-corrected chi connectivity index (χ3v) is 5.28. The Balaban J connectivity index is 2.32. The minimum atomic E-state index is -2.01. The number of aliphatic hydroxyl groups is 3. The lowest BCUT2D eigenvalue weighted by atomic mass is 9.68. The average molecular weight is 378 g/mol. The molecule has 146 valence electrons. The van der Waals surface area contributed by atoms with E-state index in [1.807, 2.05) is 78.9 Å². The maximum absolute atomic E-state index is 12.2. The van der Waals surface area contributed by atoms with Crippen molar-refractivity contribution in [3.8, 4) is 0 Å². The zero-order valence-corrected chi connectivity index (χ0v) is 15.9. The standard InChI is InChI=1S/C24H26O4/c1-28-23(26,17-18-25)24(27,21-15-9-4-10-16-21)22(19-11-5-2-6-12-19)20-13-7-3-8-14-20/h2-16,22,25-27H,17-18H2,1H3. The third-order valence-electron chi connectivity index (χ3n) is 5.28. The van der Waals surface area contributed by atoms with Gasteiger partial charge < -0.3 is 20.1 Å². The molecule has 3 aromatic rings. The van der Waals surface area contributed by atoms with E-state index in [4.69, 9.17) is 4.74 Å². The lowest BCUT2D eigenvalue weighted by Gasteiger charge is -2.47. The number of methoxy groups -OCH3 is 1. The Morgan fingerprint density at radius 3 is 1.57 bits per heavy atom. The zero-order chi connectivity index (χ0) is 20.0. The lowest BCUT2D eigenvalue weighted by molar-refractivity contribution is -0.305. The summed E-state index contributed by atoms with van der Waals surface area (Å²) in [5.41, 5.74) is 0.307. The Kier molecular flexibility index (Phi) is 6.27. The summed E-state index contributed by atoms with van der Waals surface area (Å²) in [5.74, 6) is -2.65. The minimum Gasteiger partial charge on any atom is -0.396 e. The number of ether oxygens (including phenoxy) is 1. The van der Waals surface area contributed by atoms with Crippen molar-refractivity contribution < 1.29 is 20.1 Å². The van der Waals surface area contributed by atoms with E-state index in [1.54, 1.807) is 12.1 Å². The van der Waals surface area contributed by atoms with E-state index in [1.165, 1.54) is 7.11 Å². The quantitative estimate of drug-likeness (QED) is 0.525. The second kappa shape index (κ2) is 8.67. The van der Waals surface area contributed by atoms with E-state index < -0.39 is 17.3 Å². The number of aliphatic hydroxyl groups excluding tert-OH is 1. The molecule has 28 heavy (non-hydrogen) atoms. The second-order valence-corrected chi connectivity index (χ2v) is 6.85. The van der Waals surface area contributed by atoms with Gasteiger partial charge in [0, 0.05) is 26.1 Å². The van der Waals surface area contributed by atoms with Gasteiger partial charge in [-0.2, -0.15) is 0 Å². The van der Waals surface area contributed by atoms with Crippen molar-refractivity contribution in [2.45, 2.75) is 23.7 Å². The van der Waals surface area contributed by atoms with Crippen LogP contribution in [0.25, 0.3) is 0 Å². The largest absolute Gasteiger partial charge is 0.396 e. The fourth-order valence-corrected chi connectivity index (χ4v) is 3.88. The van der Waals surface area contributed by atoms with Crippen molar-refractivity contribution in [2.24, 2.45) is 0 Å². The molecule has 0 aromatic heterocycles. The van der Waals surface area contributed by atoms with Gasteiger partial charge in [-0.05, 0) is 16.7 Å². The zero-order valence-electron chi connectivity index (χ0n) is 15.9. The molecule has 2 atom stereocenters. The van der Waals surface area contributed by atoms with Gasteiger partial charge in [0.25, 0.3) is 0 Å². The van der Waals surface area contributed by atoms with Crippen LogP contribution in [0.4, 0.5) is 0 Å². The smallest absolute Gasteiger partial charge is 0.202 e. The fraction of sp³-hybridized carbons (Fsp3) is 0.250. The van der Waals surface area contributed by atoms with E-state index in [9.17, 15) is 15.3 Å². The summed E-state index contributed by atoms with van der Waals surface area (Å²) in [6, 6.07) is 28.1. The SMILES string of the molecule is COC(O)(CCO)C(O)(c1ccccc1)C(c1ccccc1)c1ccccc1. The highest BCUT2D eigenvalue weighted by molar-refractivity contribution is 5.42. The summed E-state index contributed by atoms with van der Waals surface area (Å²) in [6.45, 7) is -0.338. The molecule has 0 fully saturated rings. The van der Waals surface area contributed by atoms with Crippen molar-refractivity contribution in [3.05, 3.63) is 108 Å². The van der Waals surface area contributed by atoms with E-state index in [0.717, 1.165) is 11.1 Å². The molecule has 4 nitrogen and oxygen atoms in total. The first kappa shape index (κ1) is 20.2. The number of benzene rings is 3. The highest BCUT2D eigenvalue weighted by Crippen LogP contribution is 2.49. The van der Waals surface area contributed by atoms with Gasteiger partial charge in [0.15, 0.2) is 5.60 Å². The highest BCUT2D eigenvalue weighted by atomic mass is 16.6. The molecule has 0 aliphatic carbocycles. The number of rotatable bonds is 8. The first-order chi connectivity index (χ1) is 13.6. The summed E-state index contributed by atoms with van der Waals surface area (Å²) in [6.07, 6.45) is -0.148. The van der Waals surface area contributed by atoms with Crippen LogP contribution < -0.4 is 0 Å². The van der Waals surface area contributed by atoms with Crippen LogP contribution in [0.15, 0.2) is 91.0 Å². The Bertz CT molecular complexity index is 814. The molecule has 0 amide bonds. The first-order valence-electron chi connectivity index (χ1n) is 9.33. The van der Waals surface area contributed by atoms with Gasteiger partial charge in [0.05, 0.1) is 0 Å². The lowest BCUT2D eigenvalue weighted by Crippen LogP contribution is -2.57. The van der Waals surface area contributed by atoms with Gasteiger partial charge in [-0.1, -0.05) is 91.0 Å². The molecule has 0 heterocycles. The molecule has 0 aliphatic rings. The Hall–Kier alpha value is -2.50. The molecular weight excluding hydrogens is 352 g/mol. The summed E-state index contributed by atoms with van der Waals surface area (Å²) >= 11 is 0. The van der Waals surface area contributed by atoms with Gasteiger partial charge in [0.2, 0.25) is 5.79 Å². The summed E-state index contributed by atoms with van der Waals surface area (Å²) in [5, 5.41) is 33.3. The molecule has 0 radical (unpaired) electrons. The summed E-state index contributed by atoms with van der Waals surface area (Å²) in [4.78, 5) is 0. The maximum Gasteiger partial charge on any atom is 0.202 e. The molecule has 2 unspecified atom stereocenters. The second-order valence-electron chi connectivity index (χ2n) is 6.85. The van der Waals surface area contributed by atoms with E-state index in [0.29, 0.717) is 5.56 Å². The predicted molar refractivity (Wildman–Crippen MR) is 109 cm³/mol. The van der Waals surface area contributed by atoms with Crippen molar-refractivity contribution in [1.82, 2.24) is 0 Å². The summed E-state index contributed by atoms with van der Waals surface area (Å²) < 4.78 is 5.47. The fourth-order valence-electron chi connectivity index (χ4n) is 3.88. The minimum absolute atomic E-state index is 0.148. The van der Waals surface area contributed by atoms with Gasteiger partial charge in [0.1, 0.15) is 0 Å². The van der Waals surface area contributed by atoms with Crippen LogP contribution in [0, 0.1) is 0 Å². The summed E-state index contributed by atoms with van der Waals surface area (Å²) in [7, 11) is 1.34. The average Bonchev–Trinajstić information content (AvgIpc) is 2.76. The van der Waals surface area contributed by atoms with Gasteiger partial charge in [-0.25, -0.2) is 0 Å². The molecule has 0 spiro atoms. The van der Waals surface area contributed by atoms with Crippen LogP contribution in [0.1, 0.15) is 29.0 Å². The number of hydrogen-bond donors (Lipinski definition) is 3. The van der Waals surface area contributed by atoms with E-state index >= 15 is 0 Å². The molecule has 4 heteroatoms. The van der Waals surface area contributed by atoms with Crippen LogP contribution >= 0.6 is 0 Å². The van der Waals surface area contributed by atoms with Crippen molar-refractivity contribution >= 4 is 0 Å². The Morgan fingerprint density at radius 1 is 0.750 bits per heavy atom. The van der Waals surface area contributed by atoms with Crippen LogP contribution in [0.2, 0.25) is 0 Å². The third kappa shape index (κ3) is 3.60. The van der Waals surface area contributed by atoms with Crippen molar-refractivity contribution in [2.75, 3.05) is 13.7 Å². The first-order valence-corrected chi connectivity index (χ1v) is 9.33. The Morgan fingerprint density at radius 2 is 1.18 bits per heavy atom. The van der Waals surface area contributed by atoms with Gasteiger partial charge >= 0.3 is 0 Å². The normalized spacial score (nSPS) is 15.8. The van der Waals surface area contributed by atoms with Crippen LogP contribution in [0.5, 0.6) is 0 Å². The molecule has 0 aliphatic heterocycles. The van der Waals surface area contributed by atoms with Crippen molar-refractivity contribution in [3.63, 3.8) is 0 Å². The van der Waals surface area contributed by atoms with Crippen LogP contribution in [-0.4, -0.2) is 34.8 Å². The molecule has 0 bridgehead atoms. The highest BCUT2D eigenvalue weighted by Gasteiger charge is 2.56. The monoisotopic (exact) mass is 378 g/mol. The number of hydrogen-bond acceptors (Lipinski definition) is 4. The van der Waals surface area contributed by atoms with E-state index in [2.05, 4.69) is 0 Å². The maximum atomic E-state index is 12.2. The van der Waals surface area contributed by atoms with Crippen molar-refractivity contribution in [1.29, 1.82) is 0 Å². The molecule has 3 N–H and O–H groups in total. The predicted octanol–water partition coefficient (Wildman–Crippen LogP) is 3.42.